The average molecular weight is 182 g/mol. The smallest absolute Gasteiger partial charge is 0.0765 e. The highest BCUT2D eigenvalue weighted by Gasteiger charge is 2.08. The Balaban J connectivity index is 2.29. The van der Waals surface area contributed by atoms with E-state index in [4.69, 9.17) is 0 Å². The quantitative estimate of drug-likeness (QED) is 0.685. The first-order valence-electron chi connectivity index (χ1n) is 5.46. The molecule has 1 saturated heterocycles. The van der Waals surface area contributed by atoms with E-state index >= 15 is 0 Å². The lowest BCUT2D eigenvalue weighted by Crippen LogP contribution is -2.42. The summed E-state index contributed by atoms with van der Waals surface area (Å²) in [5, 5.41) is 7.02. The van der Waals surface area contributed by atoms with E-state index in [2.05, 4.69) is 30.6 Å². The predicted octanol–water partition coefficient (Wildman–Crippen LogP) is 2.38. The second-order valence-electron chi connectivity index (χ2n) is 3.83. The molecule has 1 heterocycles. The van der Waals surface area contributed by atoms with Crippen molar-refractivity contribution >= 4 is 0 Å². The molecule has 13 heavy (non-hydrogen) atoms. The molecule has 0 aromatic heterocycles. The Kier molecular flexibility index (Phi) is 4.91. The average Bonchev–Trinajstić information content (AvgIpc) is 2.09. The van der Waals surface area contributed by atoms with E-state index in [0.29, 0.717) is 6.17 Å². The summed E-state index contributed by atoms with van der Waals surface area (Å²) < 4.78 is 0. The fourth-order valence-corrected chi connectivity index (χ4v) is 1.69. The van der Waals surface area contributed by atoms with Gasteiger partial charge < -0.3 is 5.32 Å². The minimum absolute atomic E-state index is 0.497. The van der Waals surface area contributed by atoms with E-state index < -0.39 is 0 Å². The van der Waals surface area contributed by atoms with Crippen LogP contribution in [-0.4, -0.2) is 12.7 Å². The molecule has 0 saturated carbocycles. The SMILES string of the molecule is C/C=C(\C)NC1CCCCCCN1. The van der Waals surface area contributed by atoms with Gasteiger partial charge >= 0.3 is 0 Å². The Morgan fingerprint density at radius 3 is 2.85 bits per heavy atom. The van der Waals surface area contributed by atoms with Crippen molar-refractivity contribution in [1.29, 1.82) is 0 Å². The molecule has 0 aromatic rings. The number of nitrogens with one attached hydrogen (secondary N) is 2. The van der Waals surface area contributed by atoms with Crippen LogP contribution in [0.4, 0.5) is 0 Å². The van der Waals surface area contributed by atoms with Gasteiger partial charge in [0.1, 0.15) is 0 Å². The maximum absolute atomic E-state index is 3.53. The van der Waals surface area contributed by atoms with Crippen LogP contribution in [0.15, 0.2) is 11.8 Å². The standard InChI is InChI=1S/C11H22N2/c1-3-10(2)13-11-8-6-4-5-7-9-12-11/h3,11-13H,4-9H2,1-2H3/b10-3+. The minimum atomic E-state index is 0.497. The lowest BCUT2D eigenvalue weighted by atomic mass is 10.1. The van der Waals surface area contributed by atoms with Crippen LogP contribution < -0.4 is 10.6 Å². The number of allylic oxidation sites excluding steroid dienone is 2. The van der Waals surface area contributed by atoms with Gasteiger partial charge in [0.05, 0.1) is 6.17 Å². The lowest BCUT2D eigenvalue weighted by molar-refractivity contribution is 0.382. The molecule has 0 amide bonds. The molecule has 0 spiro atoms. The van der Waals surface area contributed by atoms with Crippen LogP contribution in [-0.2, 0) is 0 Å². The molecule has 1 fully saturated rings. The first kappa shape index (κ1) is 10.6. The van der Waals surface area contributed by atoms with Gasteiger partial charge in [-0.15, -0.1) is 0 Å². The molecule has 0 aromatic carbocycles. The predicted molar refractivity (Wildman–Crippen MR) is 57.4 cm³/mol. The summed E-state index contributed by atoms with van der Waals surface area (Å²) in [5.74, 6) is 0. The Labute approximate surface area is 81.8 Å². The van der Waals surface area contributed by atoms with Crippen LogP contribution in [0, 0.1) is 0 Å². The first-order valence-corrected chi connectivity index (χ1v) is 5.46. The van der Waals surface area contributed by atoms with Crippen molar-refractivity contribution in [3.8, 4) is 0 Å². The van der Waals surface area contributed by atoms with Crippen molar-refractivity contribution in [3.05, 3.63) is 11.8 Å². The largest absolute Gasteiger partial charge is 0.374 e. The topological polar surface area (TPSA) is 24.1 Å². The molecule has 2 heteroatoms. The van der Waals surface area contributed by atoms with Crippen molar-refractivity contribution in [2.24, 2.45) is 0 Å². The summed E-state index contributed by atoms with van der Waals surface area (Å²) in [6.45, 7) is 5.36. The van der Waals surface area contributed by atoms with Gasteiger partial charge in [-0.25, -0.2) is 0 Å². The maximum atomic E-state index is 3.53. The molecule has 0 bridgehead atoms. The monoisotopic (exact) mass is 182 g/mol. The highest BCUT2D eigenvalue weighted by Crippen LogP contribution is 2.08. The molecular weight excluding hydrogens is 160 g/mol. The highest BCUT2D eigenvalue weighted by atomic mass is 15.1. The van der Waals surface area contributed by atoms with Gasteiger partial charge in [0.2, 0.25) is 0 Å². The second kappa shape index (κ2) is 6.03. The van der Waals surface area contributed by atoms with Crippen LogP contribution in [0.5, 0.6) is 0 Å². The molecule has 0 radical (unpaired) electrons. The van der Waals surface area contributed by atoms with E-state index in [-0.39, 0.29) is 0 Å². The summed E-state index contributed by atoms with van der Waals surface area (Å²) in [6, 6.07) is 0. The van der Waals surface area contributed by atoms with Crippen LogP contribution >= 0.6 is 0 Å². The lowest BCUT2D eigenvalue weighted by Gasteiger charge is -2.23. The first-order chi connectivity index (χ1) is 6.33. The van der Waals surface area contributed by atoms with Gasteiger partial charge in [-0.2, -0.15) is 0 Å². The van der Waals surface area contributed by atoms with E-state index in [0.717, 1.165) is 6.54 Å². The van der Waals surface area contributed by atoms with Crippen LogP contribution in [0.3, 0.4) is 0 Å². The number of hydrogen-bond acceptors (Lipinski definition) is 2. The zero-order valence-corrected chi connectivity index (χ0v) is 8.90. The molecule has 2 nitrogen and oxygen atoms in total. The second-order valence-corrected chi connectivity index (χ2v) is 3.83. The Hall–Kier alpha value is -0.500. The van der Waals surface area contributed by atoms with Gasteiger partial charge in [0.25, 0.3) is 0 Å². The zero-order chi connectivity index (χ0) is 9.52. The maximum Gasteiger partial charge on any atom is 0.0765 e. The summed E-state index contributed by atoms with van der Waals surface area (Å²) in [6.07, 6.45) is 9.34. The number of rotatable bonds is 2. The van der Waals surface area contributed by atoms with E-state index in [9.17, 15) is 0 Å². The van der Waals surface area contributed by atoms with Gasteiger partial charge in [0.15, 0.2) is 0 Å². The Bertz CT molecular complexity index is 155. The summed E-state index contributed by atoms with van der Waals surface area (Å²) in [5.41, 5.74) is 1.28. The van der Waals surface area contributed by atoms with Crippen molar-refractivity contribution < 1.29 is 0 Å². The van der Waals surface area contributed by atoms with Gasteiger partial charge in [0, 0.05) is 5.70 Å². The molecule has 1 aliphatic heterocycles. The van der Waals surface area contributed by atoms with E-state index in [1.807, 2.05) is 0 Å². The van der Waals surface area contributed by atoms with Gasteiger partial charge in [-0.1, -0.05) is 25.3 Å². The fraction of sp³-hybridized carbons (Fsp3) is 0.818. The minimum Gasteiger partial charge on any atom is -0.374 e. The van der Waals surface area contributed by atoms with Crippen molar-refractivity contribution in [3.63, 3.8) is 0 Å². The van der Waals surface area contributed by atoms with Crippen molar-refractivity contribution in [2.45, 2.75) is 52.1 Å². The number of hydrogen-bond donors (Lipinski definition) is 2. The van der Waals surface area contributed by atoms with E-state index in [1.165, 1.54) is 37.8 Å². The fourth-order valence-electron chi connectivity index (χ4n) is 1.69. The third-order valence-corrected chi connectivity index (χ3v) is 2.65. The molecule has 1 atom stereocenters. The molecule has 1 rings (SSSR count). The van der Waals surface area contributed by atoms with Crippen molar-refractivity contribution in [2.75, 3.05) is 6.54 Å². The van der Waals surface area contributed by atoms with Crippen LogP contribution in [0.2, 0.25) is 0 Å². The third-order valence-electron chi connectivity index (χ3n) is 2.65. The molecule has 76 valence electrons. The van der Waals surface area contributed by atoms with Crippen LogP contribution in [0.1, 0.15) is 46.0 Å². The third kappa shape index (κ3) is 4.32. The molecule has 1 aliphatic rings. The highest BCUT2D eigenvalue weighted by molar-refractivity contribution is 4.94. The van der Waals surface area contributed by atoms with Crippen molar-refractivity contribution in [1.82, 2.24) is 10.6 Å². The van der Waals surface area contributed by atoms with E-state index in [1.54, 1.807) is 0 Å². The molecular formula is C11H22N2. The van der Waals surface area contributed by atoms with Gasteiger partial charge in [-0.3, -0.25) is 5.32 Å². The summed E-state index contributed by atoms with van der Waals surface area (Å²) in [4.78, 5) is 0. The zero-order valence-electron chi connectivity index (χ0n) is 8.90. The Morgan fingerprint density at radius 2 is 2.08 bits per heavy atom. The molecule has 2 N–H and O–H groups in total. The Morgan fingerprint density at radius 1 is 1.31 bits per heavy atom. The van der Waals surface area contributed by atoms with Gasteiger partial charge in [-0.05, 0) is 33.2 Å². The molecule has 0 aliphatic carbocycles. The summed E-state index contributed by atoms with van der Waals surface area (Å²) >= 11 is 0. The molecule has 1 unspecified atom stereocenters. The van der Waals surface area contributed by atoms with Crippen LogP contribution in [0.25, 0.3) is 0 Å². The normalized spacial score (nSPS) is 26.3. The summed E-state index contributed by atoms with van der Waals surface area (Å²) in [7, 11) is 0.